The molecule has 1 unspecified atom stereocenters. The summed E-state index contributed by atoms with van der Waals surface area (Å²) in [6.45, 7) is 8.64. The number of hydrogen-bond donors (Lipinski definition) is 0. The van der Waals surface area contributed by atoms with Gasteiger partial charge in [-0.25, -0.2) is 0 Å². The molecule has 154 valence electrons. The van der Waals surface area contributed by atoms with Crippen molar-refractivity contribution in [2.45, 2.75) is 96.1 Å². The van der Waals surface area contributed by atoms with Gasteiger partial charge >= 0.3 is 0 Å². The van der Waals surface area contributed by atoms with Gasteiger partial charge < -0.3 is 14.2 Å². The Bertz CT molecular complexity index is 745. The molecule has 0 aromatic carbocycles. The quantitative estimate of drug-likeness (QED) is 0.638. The molecule has 1 aliphatic heterocycles. The third kappa shape index (κ3) is 2.27. The van der Waals surface area contributed by atoms with Gasteiger partial charge in [0.15, 0.2) is 5.79 Å². The summed E-state index contributed by atoms with van der Waals surface area (Å²) >= 11 is 0. The molecule has 0 aromatic heterocycles. The second kappa shape index (κ2) is 5.95. The van der Waals surface area contributed by atoms with Crippen LogP contribution in [-0.2, 0) is 14.2 Å². The van der Waals surface area contributed by atoms with Gasteiger partial charge in [0, 0.05) is 18.3 Å². The Balaban J connectivity index is 1.30. The Labute approximate surface area is 169 Å². The second-order valence-corrected chi connectivity index (χ2v) is 10.8. The van der Waals surface area contributed by atoms with Crippen LogP contribution < -0.4 is 0 Å². The minimum absolute atomic E-state index is 0.186. The third-order valence-corrected chi connectivity index (χ3v) is 9.57. The molecule has 1 heterocycles. The molecule has 1 spiro atoms. The van der Waals surface area contributed by atoms with E-state index in [2.05, 4.69) is 26.8 Å². The average molecular weight is 385 g/mol. The van der Waals surface area contributed by atoms with E-state index < -0.39 is 0 Å². The van der Waals surface area contributed by atoms with E-state index in [9.17, 15) is 0 Å². The Morgan fingerprint density at radius 2 is 2.07 bits per heavy atom. The Morgan fingerprint density at radius 3 is 2.86 bits per heavy atom. The largest absolute Gasteiger partial charge is 0.371 e. The molecule has 6 rings (SSSR count). The molecule has 0 N–H and O–H groups in total. The summed E-state index contributed by atoms with van der Waals surface area (Å²) in [6, 6.07) is 0. The molecule has 1 saturated heterocycles. The van der Waals surface area contributed by atoms with E-state index in [1.54, 1.807) is 16.7 Å². The van der Waals surface area contributed by atoms with E-state index >= 15 is 0 Å². The highest BCUT2D eigenvalue weighted by Gasteiger charge is 2.75. The summed E-state index contributed by atoms with van der Waals surface area (Å²) in [4.78, 5) is 0. The molecular formula is C25H36O3. The maximum absolute atomic E-state index is 6.77. The van der Waals surface area contributed by atoms with Gasteiger partial charge in [0.2, 0.25) is 0 Å². The molecule has 3 heteroatoms. The van der Waals surface area contributed by atoms with Crippen LogP contribution in [0.5, 0.6) is 0 Å². The minimum atomic E-state index is -0.279. The SMILES string of the molecule is CCC(C)O[C@@]12C[C@@H]1C[C@H]1[C@@H]3CCC4=C(CCC5(C4)OCCO5)C3=CC[C@@]12C. The summed E-state index contributed by atoms with van der Waals surface area (Å²) in [7, 11) is 0. The van der Waals surface area contributed by atoms with Crippen molar-refractivity contribution in [1.82, 2.24) is 0 Å². The standard InChI is InChI=1S/C25H36O3/c1-4-16(2)28-25-15-18(25)13-22-21-6-5-17-14-24(26-11-12-27-24)10-8-19(17)20(21)7-9-23(22,25)3/h7,16,18,21-22H,4-6,8-15H2,1-3H3/t16?,18-,21+,22-,23-,25-/m0/s1. The van der Waals surface area contributed by atoms with Gasteiger partial charge in [-0.05, 0) is 80.8 Å². The summed E-state index contributed by atoms with van der Waals surface area (Å²) in [6.07, 6.45) is 13.9. The number of allylic oxidation sites excluding steroid dienone is 3. The van der Waals surface area contributed by atoms with Crippen LogP contribution in [0.15, 0.2) is 22.8 Å². The predicted molar refractivity (Wildman–Crippen MR) is 109 cm³/mol. The monoisotopic (exact) mass is 384 g/mol. The molecule has 3 nitrogen and oxygen atoms in total. The smallest absolute Gasteiger partial charge is 0.172 e. The third-order valence-electron chi connectivity index (χ3n) is 9.57. The molecule has 0 amide bonds. The van der Waals surface area contributed by atoms with Gasteiger partial charge in [-0.15, -0.1) is 0 Å². The molecule has 0 bridgehead atoms. The lowest BCUT2D eigenvalue weighted by atomic mass is 9.56. The van der Waals surface area contributed by atoms with E-state index in [1.807, 2.05) is 0 Å². The lowest BCUT2D eigenvalue weighted by Gasteiger charge is -2.50. The maximum Gasteiger partial charge on any atom is 0.172 e. The summed E-state index contributed by atoms with van der Waals surface area (Å²) in [5.41, 5.74) is 5.59. The first-order chi connectivity index (χ1) is 13.5. The zero-order valence-corrected chi connectivity index (χ0v) is 17.9. The number of rotatable bonds is 3. The fraction of sp³-hybridized carbons (Fsp3) is 0.840. The second-order valence-electron chi connectivity index (χ2n) is 10.8. The van der Waals surface area contributed by atoms with Crippen molar-refractivity contribution in [1.29, 1.82) is 0 Å². The molecule has 28 heavy (non-hydrogen) atoms. The topological polar surface area (TPSA) is 27.7 Å². The van der Waals surface area contributed by atoms with E-state index in [0.29, 0.717) is 11.5 Å². The average Bonchev–Trinajstić information content (AvgIpc) is 3.10. The van der Waals surface area contributed by atoms with Gasteiger partial charge in [-0.1, -0.05) is 25.5 Å². The van der Waals surface area contributed by atoms with Crippen molar-refractivity contribution >= 4 is 0 Å². The van der Waals surface area contributed by atoms with Crippen LogP contribution in [0.4, 0.5) is 0 Å². The van der Waals surface area contributed by atoms with E-state index in [4.69, 9.17) is 14.2 Å². The fourth-order valence-corrected chi connectivity index (χ4v) is 7.88. The highest BCUT2D eigenvalue weighted by atomic mass is 16.7. The predicted octanol–water partition coefficient (Wildman–Crippen LogP) is 5.55. The zero-order valence-electron chi connectivity index (χ0n) is 17.9. The molecule has 3 fully saturated rings. The molecule has 5 aliphatic carbocycles. The van der Waals surface area contributed by atoms with Crippen LogP contribution in [0, 0.1) is 23.2 Å². The Hall–Kier alpha value is -0.640. The molecule has 2 saturated carbocycles. The van der Waals surface area contributed by atoms with Gasteiger partial charge in [0.1, 0.15) is 0 Å². The van der Waals surface area contributed by atoms with Crippen LogP contribution in [-0.4, -0.2) is 30.7 Å². The highest BCUT2D eigenvalue weighted by Crippen LogP contribution is 2.75. The summed E-state index contributed by atoms with van der Waals surface area (Å²) in [5, 5.41) is 0. The Kier molecular flexibility index (Phi) is 3.86. The van der Waals surface area contributed by atoms with Crippen molar-refractivity contribution in [3.05, 3.63) is 22.8 Å². The zero-order chi connectivity index (χ0) is 19.1. The molecule has 0 aromatic rings. The van der Waals surface area contributed by atoms with Gasteiger partial charge in [0.25, 0.3) is 0 Å². The van der Waals surface area contributed by atoms with Crippen molar-refractivity contribution in [3.8, 4) is 0 Å². The van der Waals surface area contributed by atoms with Crippen molar-refractivity contribution in [2.24, 2.45) is 23.2 Å². The molecular weight excluding hydrogens is 348 g/mol. The van der Waals surface area contributed by atoms with Crippen molar-refractivity contribution in [2.75, 3.05) is 13.2 Å². The first-order valence-corrected chi connectivity index (χ1v) is 11.9. The first kappa shape index (κ1) is 18.2. The first-order valence-electron chi connectivity index (χ1n) is 11.9. The van der Waals surface area contributed by atoms with E-state index in [-0.39, 0.29) is 11.4 Å². The molecule has 0 radical (unpaired) electrons. The number of ether oxygens (including phenoxy) is 3. The fourth-order valence-electron chi connectivity index (χ4n) is 7.88. The van der Waals surface area contributed by atoms with Crippen LogP contribution in [0.25, 0.3) is 0 Å². The summed E-state index contributed by atoms with van der Waals surface area (Å²) in [5.74, 6) is 2.12. The van der Waals surface area contributed by atoms with Gasteiger partial charge in [0.05, 0.1) is 24.9 Å². The lowest BCUT2D eigenvalue weighted by molar-refractivity contribution is -0.164. The Morgan fingerprint density at radius 1 is 1.25 bits per heavy atom. The normalized spacial score (nSPS) is 46.5. The number of hydrogen-bond acceptors (Lipinski definition) is 3. The van der Waals surface area contributed by atoms with Gasteiger partial charge in [-0.3, -0.25) is 0 Å². The minimum Gasteiger partial charge on any atom is -0.371 e. The maximum atomic E-state index is 6.77. The number of fused-ring (bicyclic) bond motifs is 6. The van der Waals surface area contributed by atoms with E-state index in [1.165, 1.54) is 32.1 Å². The summed E-state index contributed by atoms with van der Waals surface area (Å²) < 4.78 is 18.9. The van der Waals surface area contributed by atoms with Crippen LogP contribution >= 0.6 is 0 Å². The van der Waals surface area contributed by atoms with Gasteiger partial charge in [-0.2, -0.15) is 0 Å². The van der Waals surface area contributed by atoms with Crippen LogP contribution in [0.2, 0.25) is 0 Å². The van der Waals surface area contributed by atoms with E-state index in [0.717, 1.165) is 56.7 Å². The highest BCUT2D eigenvalue weighted by molar-refractivity contribution is 5.46. The van der Waals surface area contributed by atoms with Crippen LogP contribution in [0.3, 0.4) is 0 Å². The molecule has 6 atom stereocenters. The van der Waals surface area contributed by atoms with Crippen molar-refractivity contribution in [3.63, 3.8) is 0 Å². The lowest BCUT2D eigenvalue weighted by Crippen LogP contribution is -2.46. The van der Waals surface area contributed by atoms with Crippen LogP contribution in [0.1, 0.15) is 78.6 Å². The molecule has 6 aliphatic rings. The van der Waals surface area contributed by atoms with Crippen molar-refractivity contribution < 1.29 is 14.2 Å².